The van der Waals surface area contributed by atoms with E-state index >= 15 is 0 Å². The molecule has 0 aliphatic heterocycles. The van der Waals surface area contributed by atoms with E-state index in [1.54, 1.807) is 31.2 Å². The highest BCUT2D eigenvalue weighted by molar-refractivity contribution is 5.95. The lowest BCUT2D eigenvalue weighted by atomic mass is 10.0. The van der Waals surface area contributed by atoms with Gasteiger partial charge in [-0.05, 0) is 36.8 Å². The van der Waals surface area contributed by atoms with Crippen LogP contribution in [0.5, 0.6) is 0 Å². The van der Waals surface area contributed by atoms with Gasteiger partial charge in [-0.2, -0.15) is 9.61 Å². The molecule has 2 aromatic carbocycles. The minimum atomic E-state index is -1.44. The number of nitrogens with zero attached hydrogens (tertiary/aromatic N) is 2. The van der Waals surface area contributed by atoms with E-state index in [0.29, 0.717) is 11.3 Å². The number of H-pyrrole nitrogens is 1. The predicted molar refractivity (Wildman–Crippen MR) is 103 cm³/mol. The summed E-state index contributed by atoms with van der Waals surface area (Å²) < 4.78 is 28.6. The number of nitrogen functional groups attached to an aromatic ring is 1. The van der Waals surface area contributed by atoms with Gasteiger partial charge in [0.05, 0.1) is 17.0 Å². The molecule has 4 rings (SSSR count). The Kier molecular flexibility index (Phi) is 4.15. The number of carbonyl (C=O) groups is 1. The van der Waals surface area contributed by atoms with Crippen LogP contribution in [-0.4, -0.2) is 25.7 Å². The molecule has 0 saturated carbocycles. The Bertz CT molecular complexity index is 1340. The summed E-state index contributed by atoms with van der Waals surface area (Å²) in [6.45, 7) is 1.54. The molecule has 0 aliphatic rings. The molecule has 0 amide bonds. The maximum absolute atomic E-state index is 14.4. The summed E-state index contributed by atoms with van der Waals surface area (Å²) in [7, 11) is 0. The Balaban J connectivity index is 2.11. The fraction of sp³-hybridized carbons (Fsp3) is 0.0500. The van der Waals surface area contributed by atoms with Gasteiger partial charge in [0.15, 0.2) is 5.56 Å². The molecule has 0 atom stereocenters. The van der Waals surface area contributed by atoms with Crippen LogP contribution in [0.4, 0.5) is 14.5 Å². The van der Waals surface area contributed by atoms with Crippen LogP contribution in [0, 0.1) is 18.6 Å². The van der Waals surface area contributed by atoms with Crippen molar-refractivity contribution in [1.82, 2.24) is 14.6 Å². The zero-order valence-electron chi connectivity index (χ0n) is 15.0. The van der Waals surface area contributed by atoms with Gasteiger partial charge in [0.1, 0.15) is 17.3 Å². The molecule has 4 aromatic rings. The molecule has 7 nitrogen and oxygen atoms in total. The number of benzene rings is 2. The lowest BCUT2D eigenvalue weighted by Crippen LogP contribution is -2.25. The number of hydrogen-bond acceptors (Lipinski definition) is 4. The maximum atomic E-state index is 14.4. The average Bonchev–Trinajstić information content (AvgIpc) is 2.98. The first-order chi connectivity index (χ1) is 13.8. The molecule has 29 heavy (non-hydrogen) atoms. The van der Waals surface area contributed by atoms with Crippen LogP contribution in [0.1, 0.15) is 16.1 Å². The maximum Gasteiger partial charge on any atom is 0.343 e. The van der Waals surface area contributed by atoms with E-state index in [9.17, 15) is 23.5 Å². The van der Waals surface area contributed by atoms with Gasteiger partial charge in [0.25, 0.3) is 5.56 Å². The van der Waals surface area contributed by atoms with E-state index in [0.717, 1.165) is 16.6 Å². The molecule has 146 valence electrons. The van der Waals surface area contributed by atoms with Crippen molar-refractivity contribution in [3.63, 3.8) is 0 Å². The van der Waals surface area contributed by atoms with E-state index in [2.05, 4.69) is 10.1 Å². The summed E-state index contributed by atoms with van der Waals surface area (Å²) in [5, 5.41) is 13.7. The first-order valence-corrected chi connectivity index (χ1v) is 8.48. The van der Waals surface area contributed by atoms with Crippen LogP contribution in [0.2, 0.25) is 0 Å². The summed E-state index contributed by atoms with van der Waals surface area (Å²) in [5.41, 5.74) is 5.80. The number of carboxylic acid groups (broad SMARTS) is 1. The second kappa shape index (κ2) is 6.55. The molecule has 0 aliphatic carbocycles. The standard InChI is InChI=1S/C20H14F2N4O3/c1-9-15(13-7-4-11(21)8-14(13)22)18-24-17(10-2-5-12(23)6-3-10)16(20(28)29)19(27)26(18)25-9/h2-8,24H,23H2,1H3,(H,28,29). The van der Waals surface area contributed by atoms with Crippen molar-refractivity contribution in [3.8, 4) is 22.4 Å². The summed E-state index contributed by atoms with van der Waals surface area (Å²) in [6.07, 6.45) is 0. The third-order valence-corrected chi connectivity index (χ3v) is 4.57. The topological polar surface area (TPSA) is 113 Å². The fourth-order valence-electron chi connectivity index (χ4n) is 3.26. The van der Waals surface area contributed by atoms with Gasteiger partial charge in [-0.3, -0.25) is 4.79 Å². The summed E-state index contributed by atoms with van der Waals surface area (Å²) in [4.78, 5) is 27.6. The van der Waals surface area contributed by atoms with Crippen LogP contribution in [-0.2, 0) is 0 Å². The number of hydrogen-bond donors (Lipinski definition) is 3. The highest BCUT2D eigenvalue weighted by atomic mass is 19.1. The van der Waals surface area contributed by atoms with Crippen molar-refractivity contribution < 1.29 is 18.7 Å². The molecule has 0 bridgehead atoms. The molecule has 0 spiro atoms. The zero-order chi connectivity index (χ0) is 20.9. The van der Waals surface area contributed by atoms with Crippen LogP contribution in [0.3, 0.4) is 0 Å². The van der Waals surface area contributed by atoms with Gasteiger partial charge in [-0.15, -0.1) is 0 Å². The van der Waals surface area contributed by atoms with Gasteiger partial charge in [-0.25, -0.2) is 13.6 Å². The van der Waals surface area contributed by atoms with Crippen molar-refractivity contribution in [1.29, 1.82) is 0 Å². The van der Waals surface area contributed by atoms with Crippen molar-refractivity contribution in [2.75, 3.05) is 5.73 Å². The number of aryl methyl sites for hydroxylation is 1. The molecule has 0 fully saturated rings. The van der Waals surface area contributed by atoms with Crippen LogP contribution >= 0.6 is 0 Å². The van der Waals surface area contributed by atoms with Crippen LogP contribution in [0.25, 0.3) is 28.0 Å². The lowest BCUT2D eigenvalue weighted by Gasteiger charge is -2.09. The van der Waals surface area contributed by atoms with E-state index in [1.807, 2.05) is 0 Å². The van der Waals surface area contributed by atoms with Crippen molar-refractivity contribution in [3.05, 3.63) is 75.7 Å². The second-order valence-electron chi connectivity index (χ2n) is 6.45. The number of anilines is 1. The van der Waals surface area contributed by atoms with Crippen LogP contribution < -0.4 is 11.3 Å². The fourth-order valence-corrected chi connectivity index (χ4v) is 3.26. The Morgan fingerprint density at radius 3 is 2.48 bits per heavy atom. The third kappa shape index (κ3) is 2.92. The van der Waals surface area contributed by atoms with Gasteiger partial charge < -0.3 is 15.8 Å². The quantitative estimate of drug-likeness (QED) is 0.460. The lowest BCUT2D eigenvalue weighted by molar-refractivity contribution is 0.0695. The predicted octanol–water partition coefficient (Wildman–Crippen LogP) is 3.22. The van der Waals surface area contributed by atoms with Crippen molar-refractivity contribution in [2.24, 2.45) is 0 Å². The average molecular weight is 396 g/mol. The van der Waals surface area contributed by atoms with Gasteiger partial charge in [0.2, 0.25) is 0 Å². The SMILES string of the molecule is Cc1nn2c(=O)c(C(=O)O)c(-c3ccc(N)cc3)[nH]c2c1-c1ccc(F)cc1F. The Morgan fingerprint density at radius 1 is 1.17 bits per heavy atom. The first kappa shape index (κ1) is 18.4. The Hall–Kier alpha value is -4.01. The second-order valence-corrected chi connectivity index (χ2v) is 6.45. The van der Waals surface area contributed by atoms with Gasteiger partial charge in [0, 0.05) is 17.3 Å². The Labute approximate surface area is 162 Å². The van der Waals surface area contributed by atoms with Crippen molar-refractivity contribution >= 4 is 17.3 Å². The monoisotopic (exact) mass is 396 g/mol. The highest BCUT2D eigenvalue weighted by Crippen LogP contribution is 2.31. The number of fused-ring (bicyclic) bond motifs is 1. The molecule has 0 saturated heterocycles. The highest BCUT2D eigenvalue weighted by Gasteiger charge is 2.24. The van der Waals surface area contributed by atoms with Gasteiger partial charge >= 0.3 is 5.97 Å². The summed E-state index contributed by atoms with van der Waals surface area (Å²) in [6, 6.07) is 9.29. The van der Waals surface area contributed by atoms with E-state index in [4.69, 9.17) is 5.73 Å². The number of halogens is 2. The van der Waals surface area contributed by atoms with Gasteiger partial charge in [-0.1, -0.05) is 12.1 Å². The number of aromatic amines is 1. The molecule has 9 heteroatoms. The number of nitrogens with one attached hydrogen (secondary N) is 1. The zero-order valence-corrected chi connectivity index (χ0v) is 15.0. The van der Waals surface area contributed by atoms with E-state index in [1.165, 1.54) is 6.07 Å². The summed E-state index contributed by atoms with van der Waals surface area (Å²) >= 11 is 0. The van der Waals surface area contributed by atoms with E-state index in [-0.39, 0.29) is 28.2 Å². The molecule has 0 unspecified atom stereocenters. The van der Waals surface area contributed by atoms with E-state index < -0.39 is 28.7 Å². The minimum absolute atomic E-state index is 0.0265. The number of rotatable bonds is 3. The van der Waals surface area contributed by atoms with Crippen LogP contribution in [0.15, 0.2) is 47.3 Å². The number of nitrogens with two attached hydrogens (primary N) is 1. The smallest absolute Gasteiger partial charge is 0.343 e. The molecule has 0 radical (unpaired) electrons. The number of carboxylic acids is 1. The molecule has 2 heterocycles. The number of aromatic nitrogens is 3. The Morgan fingerprint density at radius 2 is 1.86 bits per heavy atom. The third-order valence-electron chi connectivity index (χ3n) is 4.57. The molecule has 4 N–H and O–H groups in total. The minimum Gasteiger partial charge on any atom is -0.477 e. The first-order valence-electron chi connectivity index (χ1n) is 8.48. The molecular formula is C20H14F2N4O3. The molecular weight excluding hydrogens is 382 g/mol. The van der Waals surface area contributed by atoms with Crippen molar-refractivity contribution in [2.45, 2.75) is 6.92 Å². The largest absolute Gasteiger partial charge is 0.477 e. The number of aromatic carboxylic acids is 1. The normalized spacial score (nSPS) is 11.1. The summed E-state index contributed by atoms with van der Waals surface area (Å²) in [5.74, 6) is -3.02. The molecule has 2 aromatic heterocycles.